The van der Waals surface area contributed by atoms with Gasteiger partial charge in [-0.25, -0.2) is 9.67 Å². The Hall–Kier alpha value is -2.09. The molecule has 7 heteroatoms. The third kappa shape index (κ3) is 3.38. The van der Waals surface area contributed by atoms with Crippen molar-refractivity contribution in [1.29, 1.82) is 0 Å². The number of ether oxygens (including phenoxy) is 1. The fourth-order valence-electron chi connectivity index (χ4n) is 2.07. The monoisotopic (exact) mass is 317 g/mol. The molecule has 0 spiro atoms. The summed E-state index contributed by atoms with van der Waals surface area (Å²) < 4.78 is 7.26. The van der Waals surface area contributed by atoms with Crippen molar-refractivity contribution in [2.45, 2.75) is 19.3 Å². The van der Waals surface area contributed by atoms with Gasteiger partial charge in [-0.15, -0.1) is 11.3 Å². The molecule has 2 aromatic heterocycles. The van der Waals surface area contributed by atoms with Gasteiger partial charge in [0.05, 0.1) is 37.6 Å². The summed E-state index contributed by atoms with van der Waals surface area (Å²) in [6, 6.07) is 9.71. The van der Waals surface area contributed by atoms with Crippen LogP contribution in [0.3, 0.4) is 0 Å². The van der Waals surface area contributed by atoms with Crippen molar-refractivity contribution in [3.05, 3.63) is 58.0 Å². The first-order chi connectivity index (χ1) is 10.7. The first-order valence-electron chi connectivity index (χ1n) is 6.83. The van der Waals surface area contributed by atoms with E-state index in [0.717, 1.165) is 5.56 Å². The van der Waals surface area contributed by atoms with Gasteiger partial charge in [0, 0.05) is 0 Å². The van der Waals surface area contributed by atoms with E-state index in [1.54, 1.807) is 5.51 Å². The summed E-state index contributed by atoms with van der Waals surface area (Å²) in [5.74, 6) is 0. The average Bonchev–Trinajstić information content (AvgIpc) is 3.01. The minimum absolute atomic E-state index is 0.0987. The molecule has 2 heterocycles. The Bertz CT molecular complexity index is 800. The molecule has 0 amide bonds. The molecule has 22 heavy (non-hydrogen) atoms. The van der Waals surface area contributed by atoms with E-state index in [2.05, 4.69) is 10.1 Å². The van der Waals surface area contributed by atoms with Crippen LogP contribution >= 0.6 is 11.3 Å². The highest BCUT2D eigenvalue weighted by Gasteiger charge is 2.11. The zero-order valence-electron chi connectivity index (χ0n) is 11.8. The molecule has 0 radical (unpaired) electrons. The van der Waals surface area contributed by atoms with E-state index in [4.69, 9.17) is 4.74 Å². The largest absolute Gasteiger partial charge is 0.389 e. The molecule has 0 unspecified atom stereocenters. The van der Waals surface area contributed by atoms with Crippen LogP contribution in [0.1, 0.15) is 5.56 Å². The number of hydrogen-bond acceptors (Lipinski definition) is 6. The van der Waals surface area contributed by atoms with Crippen molar-refractivity contribution < 1.29 is 9.84 Å². The van der Waals surface area contributed by atoms with E-state index in [9.17, 15) is 9.90 Å². The zero-order valence-corrected chi connectivity index (χ0v) is 12.6. The second-order valence-electron chi connectivity index (χ2n) is 4.85. The molecule has 0 aliphatic heterocycles. The minimum Gasteiger partial charge on any atom is -0.389 e. The third-order valence-electron chi connectivity index (χ3n) is 3.15. The van der Waals surface area contributed by atoms with E-state index in [1.807, 2.05) is 30.3 Å². The first-order valence-corrected chi connectivity index (χ1v) is 7.71. The quantitative estimate of drug-likeness (QED) is 0.744. The first kappa shape index (κ1) is 14.8. The summed E-state index contributed by atoms with van der Waals surface area (Å²) in [5, 5.41) is 14.0. The van der Waals surface area contributed by atoms with Gasteiger partial charge in [-0.1, -0.05) is 30.3 Å². The van der Waals surface area contributed by atoms with Crippen LogP contribution in [-0.4, -0.2) is 32.6 Å². The molecule has 0 bridgehead atoms. The molecule has 3 rings (SSSR count). The minimum atomic E-state index is -0.792. The van der Waals surface area contributed by atoms with E-state index < -0.39 is 6.10 Å². The average molecular weight is 317 g/mol. The van der Waals surface area contributed by atoms with Crippen molar-refractivity contribution in [3.63, 3.8) is 0 Å². The second-order valence-corrected chi connectivity index (χ2v) is 5.71. The summed E-state index contributed by atoms with van der Waals surface area (Å²) in [7, 11) is 0. The summed E-state index contributed by atoms with van der Waals surface area (Å²) in [4.78, 5) is 16.2. The van der Waals surface area contributed by atoms with E-state index >= 15 is 0 Å². The van der Waals surface area contributed by atoms with Crippen molar-refractivity contribution in [3.8, 4) is 0 Å². The van der Waals surface area contributed by atoms with Crippen LogP contribution in [0, 0.1) is 0 Å². The normalized spacial score (nSPS) is 12.6. The van der Waals surface area contributed by atoms with Crippen molar-refractivity contribution in [2.75, 3.05) is 6.61 Å². The Morgan fingerprint density at radius 3 is 2.95 bits per heavy atom. The number of benzene rings is 1. The number of fused-ring (bicyclic) bond motifs is 1. The molecule has 0 aliphatic rings. The lowest BCUT2D eigenvalue weighted by Gasteiger charge is -2.12. The molecule has 1 atom stereocenters. The third-order valence-corrected chi connectivity index (χ3v) is 3.98. The van der Waals surface area contributed by atoms with Gasteiger partial charge in [0.25, 0.3) is 5.56 Å². The maximum absolute atomic E-state index is 12.1. The predicted molar refractivity (Wildman–Crippen MR) is 83.8 cm³/mol. The predicted octanol–water partition coefficient (Wildman–Crippen LogP) is 1.43. The molecule has 0 aliphatic carbocycles. The highest BCUT2D eigenvalue weighted by atomic mass is 32.1. The van der Waals surface area contributed by atoms with Crippen molar-refractivity contribution in [2.24, 2.45) is 0 Å². The van der Waals surface area contributed by atoms with Crippen LogP contribution in [0.25, 0.3) is 10.2 Å². The van der Waals surface area contributed by atoms with Gasteiger partial charge >= 0.3 is 0 Å². The fraction of sp³-hybridized carbons (Fsp3) is 0.267. The molecule has 0 fully saturated rings. The Labute approximate surface area is 130 Å². The Kier molecular flexibility index (Phi) is 4.57. The Balaban J connectivity index is 1.57. The number of hydrogen-bond donors (Lipinski definition) is 1. The van der Waals surface area contributed by atoms with E-state index in [0.29, 0.717) is 16.8 Å². The Morgan fingerprint density at radius 1 is 1.32 bits per heavy atom. The van der Waals surface area contributed by atoms with E-state index in [1.165, 1.54) is 22.2 Å². The molecule has 1 N–H and O–H groups in total. The van der Waals surface area contributed by atoms with Gasteiger partial charge in [0.2, 0.25) is 0 Å². The standard InChI is InChI=1S/C15H15N3O3S/c19-12(9-21-8-11-4-2-1-3-5-11)7-18-15(20)14-13(6-17-18)16-10-22-14/h1-6,10,12,19H,7-9H2/t12-/m0/s1. The van der Waals surface area contributed by atoms with Crippen LogP contribution in [0.4, 0.5) is 0 Å². The van der Waals surface area contributed by atoms with Gasteiger partial charge in [0.15, 0.2) is 0 Å². The van der Waals surface area contributed by atoms with Gasteiger partial charge in [-0.05, 0) is 5.56 Å². The number of aliphatic hydroxyl groups excluding tert-OH is 1. The van der Waals surface area contributed by atoms with Gasteiger partial charge < -0.3 is 9.84 Å². The van der Waals surface area contributed by atoms with Gasteiger partial charge in [-0.3, -0.25) is 4.79 Å². The topological polar surface area (TPSA) is 77.2 Å². The zero-order chi connectivity index (χ0) is 15.4. The lowest BCUT2D eigenvalue weighted by atomic mass is 10.2. The van der Waals surface area contributed by atoms with Crippen LogP contribution in [-0.2, 0) is 17.9 Å². The van der Waals surface area contributed by atoms with Crippen molar-refractivity contribution in [1.82, 2.24) is 14.8 Å². The maximum atomic E-state index is 12.1. The molecule has 114 valence electrons. The summed E-state index contributed by atoms with van der Waals surface area (Å²) >= 11 is 1.27. The molecular weight excluding hydrogens is 302 g/mol. The smallest absolute Gasteiger partial charge is 0.286 e. The maximum Gasteiger partial charge on any atom is 0.286 e. The summed E-state index contributed by atoms with van der Waals surface area (Å²) in [5.41, 5.74) is 3.00. The molecule has 1 aromatic carbocycles. The number of nitrogens with zero attached hydrogens (tertiary/aromatic N) is 3. The second kappa shape index (κ2) is 6.78. The van der Waals surface area contributed by atoms with Crippen LogP contribution in [0.5, 0.6) is 0 Å². The molecule has 6 nitrogen and oxygen atoms in total. The van der Waals surface area contributed by atoms with Gasteiger partial charge in [0.1, 0.15) is 10.2 Å². The molecule has 0 saturated carbocycles. The van der Waals surface area contributed by atoms with Crippen LogP contribution < -0.4 is 5.56 Å². The number of aliphatic hydroxyl groups is 1. The van der Waals surface area contributed by atoms with Crippen molar-refractivity contribution >= 4 is 21.6 Å². The van der Waals surface area contributed by atoms with Crippen LogP contribution in [0.2, 0.25) is 0 Å². The van der Waals surface area contributed by atoms with Crippen LogP contribution in [0.15, 0.2) is 46.8 Å². The Morgan fingerprint density at radius 2 is 2.14 bits per heavy atom. The number of rotatable bonds is 6. The number of thiazole rings is 1. The lowest BCUT2D eigenvalue weighted by molar-refractivity contribution is 0.0181. The summed E-state index contributed by atoms with van der Waals surface area (Å²) in [6.45, 7) is 0.666. The van der Waals surface area contributed by atoms with Gasteiger partial charge in [-0.2, -0.15) is 5.10 Å². The SMILES string of the molecule is O=c1c2scnc2cnn1C[C@H](O)COCc1ccccc1. The van der Waals surface area contributed by atoms with E-state index in [-0.39, 0.29) is 18.7 Å². The molecular formula is C15H15N3O3S. The lowest BCUT2D eigenvalue weighted by Crippen LogP contribution is -2.30. The molecule has 3 aromatic rings. The molecule has 0 saturated heterocycles. The highest BCUT2D eigenvalue weighted by Crippen LogP contribution is 2.10. The number of aromatic nitrogens is 3. The fourth-order valence-corrected chi connectivity index (χ4v) is 2.77. The summed E-state index contributed by atoms with van der Waals surface area (Å²) in [6.07, 6.45) is 0.740. The highest BCUT2D eigenvalue weighted by molar-refractivity contribution is 7.16.